The lowest BCUT2D eigenvalue weighted by molar-refractivity contribution is 0.112. The van der Waals surface area contributed by atoms with Crippen LogP contribution in [0.3, 0.4) is 0 Å². The zero-order valence-electron chi connectivity index (χ0n) is 11.8. The first-order valence-electron chi connectivity index (χ1n) is 7.96. The number of nitrogens with two attached hydrogens (primary N) is 1. The SMILES string of the molecule is CCC(C)CC(N)C1CCC2CCCCC2C1. The fourth-order valence-corrected chi connectivity index (χ4v) is 4.12. The molecule has 0 aromatic carbocycles. The molecule has 2 fully saturated rings. The maximum Gasteiger partial charge on any atom is 0.00698 e. The Hall–Kier alpha value is -0.0400. The van der Waals surface area contributed by atoms with Crippen LogP contribution in [0.4, 0.5) is 0 Å². The zero-order valence-corrected chi connectivity index (χ0v) is 11.8. The van der Waals surface area contributed by atoms with Crippen molar-refractivity contribution in [2.45, 2.75) is 77.7 Å². The van der Waals surface area contributed by atoms with Gasteiger partial charge in [0.2, 0.25) is 0 Å². The molecule has 1 heteroatoms. The van der Waals surface area contributed by atoms with Crippen molar-refractivity contribution < 1.29 is 0 Å². The average Bonchev–Trinajstić information content (AvgIpc) is 2.38. The highest BCUT2D eigenvalue weighted by Crippen LogP contribution is 2.43. The Balaban J connectivity index is 1.82. The minimum atomic E-state index is 0.479. The van der Waals surface area contributed by atoms with Gasteiger partial charge < -0.3 is 5.73 Å². The quantitative estimate of drug-likeness (QED) is 0.772. The van der Waals surface area contributed by atoms with Gasteiger partial charge in [-0.2, -0.15) is 0 Å². The van der Waals surface area contributed by atoms with E-state index in [2.05, 4.69) is 13.8 Å². The van der Waals surface area contributed by atoms with Gasteiger partial charge in [-0.1, -0.05) is 46.0 Å². The molecular formula is C16H31N. The zero-order chi connectivity index (χ0) is 12.3. The van der Waals surface area contributed by atoms with Crippen molar-refractivity contribution in [3.05, 3.63) is 0 Å². The Morgan fingerprint density at radius 3 is 2.47 bits per heavy atom. The number of hydrogen-bond donors (Lipinski definition) is 1. The van der Waals surface area contributed by atoms with Gasteiger partial charge in [-0.3, -0.25) is 0 Å². The number of fused-ring (bicyclic) bond motifs is 1. The second-order valence-electron chi connectivity index (χ2n) is 6.79. The van der Waals surface area contributed by atoms with Crippen molar-refractivity contribution in [3.8, 4) is 0 Å². The Bertz CT molecular complexity index is 226. The standard InChI is InChI=1S/C16H31N/c1-3-12(2)10-16(17)15-9-8-13-6-4-5-7-14(13)11-15/h12-16H,3-11,17H2,1-2H3. The molecule has 0 aliphatic heterocycles. The minimum absolute atomic E-state index is 0.479. The summed E-state index contributed by atoms with van der Waals surface area (Å²) in [4.78, 5) is 0. The van der Waals surface area contributed by atoms with E-state index in [4.69, 9.17) is 5.73 Å². The van der Waals surface area contributed by atoms with Gasteiger partial charge in [-0.15, -0.1) is 0 Å². The van der Waals surface area contributed by atoms with Crippen molar-refractivity contribution in [3.63, 3.8) is 0 Å². The summed E-state index contributed by atoms with van der Waals surface area (Å²) < 4.78 is 0. The predicted molar refractivity (Wildman–Crippen MR) is 74.8 cm³/mol. The normalized spacial score (nSPS) is 37.2. The molecule has 0 radical (unpaired) electrons. The van der Waals surface area contributed by atoms with E-state index in [1.165, 1.54) is 57.8 Å². The van der Waals surface area contributed by atoms with E-state index in [1.54, 1.807) is 0 Å². The highest BCUT2D eigenvalue weighted by Gasteiger charge is 2.34. The molecule has 5 unspecified atom stereocenters. The predicted octanol–water partition coefficient (Wildman–Crippen LogP) is 4.36. The summed E-state index contributed by atoms with van der Waals surface area (Å²) in [6, 6.07) is 0.479. The molecule has 17 heavy (non-hydrogen) atoms. The van der Waals surface area contributed by atoms with Crippen molar-refractivity contribution in [1.29, 1.82) is 0 Å². The second-order valence-corrected chi connectivity index (χ2v) is 6.79. The lowest BCUT2D eigenvalue weighted by Gasteiger charge is -2.41. The summed E-state index contributed by atoms with van der Waals surface area (Å²) >= 11 is 0. The summed E-state index contributed by atoms with van der Waals surface area (Å²) in [6.07, 6.45) is 12.9. The van der Waals surface area contributed by atoms with Crippen molar-refractivity contribution >= 4 is 0 Å². The first-order valence-corrected chi connectivity index (χ1v) is 7.96. The molecule has 1 nitrogen and oxygen atoms in total. The minimum Gasteiger partial charge on any atom is -0.327 e. The van der Waals surface area contributed by atoms with E-state index in [1.807, 2.05) is 0 Å². The molecule has 100 valence electrons. The summed E-state index contributed by atoms with van der Waals surface area (Å²) in [6.45, 7) is 4.64. The fraction of sp³-hybridized carbons (Fsp3) is 1.00. The summed E-state index contributed by atoms with van der Waals surface area (Å²) in [5.41, 5.74) is 6.45. The highest BCUT2D eigenvalue weighted by atomic mass is 14.7. The Labute approximate surface area is 108 Å². The van der Waals surface area contributed by atoms with Gasteiger partial charge in [-0.25, -0.2) is 0 Å². The van der Waals surface area contributed by atoms with Crippen LogP contribution in [0.15, 0.2) is 0 Å². The summed E-state index contributed by atoms with van der Waals surface area (Å²) in [7, 11) is 0. The van der Waals surface area contributed by atoms with Crippen LogP contribution in [0, 0.1) is 23.7 Å². The Kier molecular flexibility index (Phi) is 4.90. The molecule has 0 aromatic heterocycles. The molecule has 0 amide bonds. The Morgan fingerprint density at radius 1 is 1.06 bits per heavy atom. The van der Waals surface area contributed by atoms with E-state index in [-0.39, 0.29) is 0 Å². The van der Waals surface area contributed by atoms with Gasteiger partial charge in [0, 0.05) is 6.04 Å². The lowest BCUT2D eigenvalue weighted by atomic mass is 9.65. The van der Waals surface area contributed by atoms with Crippen molar-refractivity contribution in [2.75, 3.05) is 0 Å². The maximum absolute atomic E-state index is 6.45. The van der Waals surface area contributed by atoms with Crippen LogP contribution in [0.5, 0.6) is 0 Å². The van der Waals surface area contributed by atoms with Crippen molar-refractivity contribution in [2.24, 2.45) is 29.4 Å². The topological polar surface area (TPSA) is 26.0 Å². The van der Waals surface area contributed by atoms with Gasteiger partial charge >= 0.3 is 0 Å². The van der Waals surface area contributed by atoms with E-state index in [0.717, 1.165) is 23.7 Å². The molecule has 5 atom stereocenters. The van der Waals surface area contributed by atoms with Gasteiger partial charge in [0.25, 0.3) is 0 Å². The van der Waals surface area contributed by atoms with Crippen LogP contribution in [0.2, 0.25) is 0 Å². The summed E-state index contributed by atoms with van der Waals surface area (Å²) in [5, 5.41) is 0. The maximum atomic E-state index is 6.45. The van der Waals surface area contributed by atoms with Gasteiger partial charge in [0.1, 0.15) is 0 Å². The van der Waals surface area contributed by atoms with Gasteiger partial charge in [0.05, 0.1) is 0 Å². The third-order valence-corrected chi connectivity index (χ3v) is 5.56. The molecule has 2 saturated carbocycles. The van der Waals surface area contributed by atoms with Gasteiger partial charge in [-0.05, 0) is 49.4 Å². The molecule has 0 bridgehead atoms. The average molecular weight is 237 g/mol. The van der Waals surface area contributed by atoms with Crippen LogP contribution in [0.1, 0.15) is 71.6 Å². The van der Waals surface area contributed by atoms with E-state index >= 15 is 0 Å². The number of rotatable bonds is 4. The third kappa shape index (κ3) is 3.47. The summed E-state index contributed by atoms with van der Waals surface area (Å²) in [5.74, 6) is 3.75. The fourth-order valence-electron chi connectivity index (χ4n) is 4.12. The van der Waals surface area contributed by atoms with Crippen LogP contribution in [0.25, 0.3) is 0 Å². The second kappa shape index (κ2) is 6.22. The highest BCUT2D eigenvalue weighted by molar-refractivity contribution is 4.87. The third-order valence-electron chi connectivity index (χ3n) is 5.56. The van der Waals surface area contributed by atoms with Crippen molar-refractivity contribution in [1.82, 2.24) is 0 Å². The first-order chi connectivity index (χ1) is 8.20. The Morgan fingerprint density at radius 2 is 1.76 bits per heavy atom. The molecule has 0 aromatic rings. The molecule has 0 saturated heterocycles. The molecule has 0 spiro atoms. The molecule has 2 aliphatic rings. The molecule has 2 N–H and O–H groups in total. The molecule has 2 aliphatic carbocycles. The first kappa shape index (κ1) is 13.4. The van der Waals surface area contributed by atoms with Crippen LogP contribution >= 0.6 is 0 Å². The molecule has 2 rings (SSSR count). The van der Waals surface area contributed by atoms with E-state index in [0.29, 0.717) is 6.04 Å². The molecular weight excluding hydrogens is 206 g/mol. The largest absolute Gasteiger partial charge is 0.327 e. The lowest BCUT2D eigenvalue weighted by Crippen LogP contribution is -2.38. The van der Waals surface area contributed by atoms with E-state index in [9.17, 15) is 0 Å². The monoisotopic (exact) mass is 237 g/mol. The van der Waals surface area contributed by atoms with Crippen LogP contribution in [-0.4, -0.2) is 6.04 Å². The van der Waals surface area contributed by atoms with Crippen LogP contribution < -0.4 is 5.73 Å². The molecule has 0 heterocycles. The van der Waals surface area contributed by atoms with Crippen LogP contribution in [-0.2, 0) is 0 Å². The van der Waals surface area contributed by atoms with Gasteiger partial charge in [0.15, 0.2) is 0 Å². The smallest absolute Gasteiger partial charge is 0.00698 e. The number of hydrogen-bond acceptors (Lipinski definition) is 1. The van der Waals surface area contributed by atoms with E-state index < -0.39 is 0 Å².